The smallest absolute Gasteiger partial charge is 0.255 e. The summed E-state index contributed by atoms with van der Waals surface area (Å²) in [6, 6.07) is 12.0. The zero-order valence-electron chi connectivity index (χ0n) is 11.8. The number of nitrogens with two attached hydrogens (primary N) is 1. The molecule has 0 fully saturated rings. The number of nitrogens with one attached hydrogen (secondary N) is 2. The Morgan fingerprint density at radius 1 is 0.955 bits per heavy atom. The Kier molecular flexibility index (Phi) is 5.21. The topological polar surface area (TPSA) is 84.2 Å². The number of amides is 2. The van der Waals surface area contributed by atoms with Gasteiger partial charge >= 0.3 is 0 Å². The van der Waals surface area contributed by atoms with Gasteiger partial charge in [-0.05, 0) is 36.4 Å². The minimum Gasteiger partial charge on any atom is -0.330 e. The van der Waals surface area contributed by atoms with Crippen molar-refractivity contribution in [1.29, 1.82) is 0 Å². The zero-order valence-corrected chi connectivity index (χ0v) is 11.8. The van der Waals surface area contributed by atoms with Crippen LogP contribution in [0.3, 0.4) is 0 Å². The fourth-order valence-electron chi connectivity index (χ4n) is 1.84. The van der Waals surface area contributed by atoms with Crippen molar-refractivity contribution in [2.45, 2.75) is 6.42 Å². The third-order valence-corrected chi connectivity index (χ3v) is 2.93. The lowest BCUT2D eigenvalue weighted by Crippen LogP contribution is -2.18. The number of carbonyl (C=O) groups excluding carboxylic acids is 2. The lowest BCUT2D eigenvalue weighted by atomic mass is 10.2. The normalized spacial score (nSPS) is 10.1. The van der Waals surface area contributed by atoms with Gasteiger partial charge in [-0.15, -0.1) is 0 Å². The van der Waals surface area contributed by atoms with Gasteiger partial charge in [0.25, 0.3) is 5.91 Å². The molecule has 6 heteroatoms. The van der Waals surface area contributed by atoms with E-state index in [0.29, 0.717) is 16.9 Å². The van der Waals surface area contributed by atoms with Crippen molar-refractivity contribution < 1.29 is 14.0 Å². The molecule has 0 aliphatic carbocycles. The maximum atomic E-state index is 12.9. The summed E-state index contributed by atoms with van der Waals surface area (Å²) in [6.07, 6.45) is 0.195. The molecule has 0 atom stereocenters. The summed E-state index contributed by atoms with van der Waals surface area (Å²) < 4.78 is 12.9. The SMILES string of the molecule is NCCC(=O)Nc1ccccc1NC(=O)c1ccc(F)cc1. The summed E-state index contributed by atoms with van der Waals surface area (Å²) in [5.41, 5.74) is 6.60. The van der Waals surface area contributed by atoms with Crippen LogP contribution in [0.5, 0.6) is 0 Å². The van der Waals surface area contributed by atoms with Crippen LogP contribution < -0.4 is 16.4 Å². The highest BCUT2D eigenvalue weighted by atomic mass is 19.1. The van der Waals surface area contributed by atoms with Crippen molar-refractivity contribution >= 4 is 23.2 Å². The van der Waals surface area contributed by atoms with Crippen molar-refractivity contribution in [3.05, 3.63) is 59.9 Å². The number of hydrogen-bond acceptors (Lipinski definition) is 3. The molecule has 0 saturated heterocycles. The highest BCUT2D eigenvalue weighted by Gasteiger charge is 2.10. The van der Waals surface area contributed by atoms with E-state index in [4.69, 9.17) is 5.73 Å². The number of rotatable bonds is 5. The molecule has 0 unspecified atom stereocenters. The first kappa shape index (κ1) is 15.7. The van der Waals surface area contributed by atoms with Crippen LogP contribution in [-0.4, -0.2) is 18.4 Å². The molecule has 0 spiro atoms. The number of benzene rings is 2. The summed E-state index contributed by atoms with van der Waals surface area (Å²) in [5, 5.41) is 5.37. The standard InChI is InChI=1S/C16H16FN3O2/c17-12-7-5-11(6-8-12)16(22)20-14-4-2-1-3-13(14)19-15(21)9-10-18/h1-8H,9-10,18H2,(H,19,21)(H,20,22). The molecule has 22 heavy (non-hydrogen) atoms. The van der Waals surface area contributed by atoms with Crippen molar-refractivity contribution in [2.75, 3.05) is 17.2 Å². The summed E-state index contributed by atoms with van der Waals surface area (Å²) in [6.45, 7) is 0.246. The van der Waals surface area contributed by atoms with Crippen LogP contribution in [0.2, 0.25) is 0 Å². The minimum atomic E-state index is -0.411. The van der Waals surface area contributed by atoms with Crippen LogP contribution in [-0.2, 0) is 4.79 Å². The summed E-state index contributed by atoms with van der Waals surface area (Å²) >= 11 is 0. The third-order valence-electron chi connectivity index (χ3n) is 2.93. The lowest BCUT2D eigenvalue weighted by molar-refractivity contribution is -0.116. The first-order chi connectivity index (χ1) is 10.6. The summed E-state index contributed by atoms with van der Waals surface area (Å²) in [7, 11) is 0. The van der Waals surface area contributed by atoms with Gasteiger partial charge in [-0.1, -0.05) is 12.1 Å². The predicted octanol–water partition coefficient (Wildman–Crippen LogP) is 2.37. The van der Waals surface area contributed by atoms with Crippen LogP contribution >= 0.6 is 0 Å². The van der Waals surface area contributed by atoms with E-state index in [1.807, 2.05) is 0 Å². The first-order valence-electron chi connectivity index (χ1n) is 6.76. The minimum absolute atomic E-state index is 0.195. The predicted molar refractivity (Wildman–Crippen MR) is 83.1 cm³/mol. The van der Waals surface area contributed by atoms with E-state index in [1.165, 1.54) is 24.3 Å². The molecule has 0 saturated carbocycles. The first-order valence-corrected chi connectivity index (χ1v) is 6.76. The summed E-state index contributed by atoms with van der Waals surface area (Å²) in [4.78, 5) is 23.7. The van der Waals surface area contributed by atoms with Crippen molar-refractivity contribution in [3.63, 3.8) is 0 Å². The Hall–Kier alpha value is -2.73. The van der Waals surface area contributed by atoms with Crippen molar-refractivity contribution in [1.82, 2.24) is 0 Å². The van der Waals surface area contributed by atoms with Crippen LogP contribution in [0.15, 0.2) is 48.5 Å². The van der Waals surface area contributed by atoms with Crippen LogP contribution in [0.4, 0.5) is 15.8 Å². The van der Waals surface area contributed by atoms with E-state index in [9.17, 15) is 14.0 Å². The maximum absolute atomic E-state index is 12.9. The highest BCUT2D eigenvalue weighted by molar-refractivity contribution is 6.07. The van der Waals surface area contributed by atoms with Gasteiger partial charge in [-0.3, -0.25) is 9.59 Å². The van der Waals surface area contributed by atoms with Gasteiger partial charge in [0.2, 0.25) is 5.91 Å². The molecule has 0 aliphatic heterocycles. The second-order valence-electron chi connectivity index (χ2n) is 4.59. The Bertz CT molecular complexity index is 671. The van der Waals surface area contributed by atoms with Crippen LogP contribution in [0, 0.1) is 5.82 Å². The highest BCUT2D eigenvalue weighted by Crippen LogP contribution is 2.22. The van der Waals surface area contributed by atoms with E-state index in [2.05, 4.69) is 10.6 Å². The molecular formula is C16H16FN3O2. The molecule has 0 radical (unpaired) electrons. The Balaban J connectivity index is 2.13. The number of para-hydroxylation sites is 2. The Labute approximate surface area is 127 Å². The molecule has 2 rings (SSSR count). The maximum Gasteiger partial charge on any atom is 0.255 e. The molecule has 2 amide bonds. The second kappa shape index (κ2) is 7.33. The number of halogens is 1. The van der Waals surface area contributed by atoms with Gasteiger partial charge in [-0.2, -0.15) is 0 Å². The van der Waals surface area contributed by atoms with E-state index < -0.39 is 5.82 Å². The fourth-order valence-corrected chi connectivity index (χ4v) is 1.84. The van der Waals surface area contributed by atoms with Gasteiger partial charge in [0.05, 0.1) is 11.4 Å². The average molecular weight is 301 g/mol. The van der Waals surface area contributed by atoms with Crippen molar-refractivity contribution in [3.8, 4) is 0 Å². The fraction of sp³-hybridized carbons (Fsp3) is 0.125. The molecule has 0 aliphatic rings. The van der Waals surface area contributed by atoms with Crippen LogP contribution in [0.1, 0.15) is 16.8 Å². The molecule has 4 N–H and O–H groups in total. The van der Waals surface area contributed by atoms with Gasteiger partial charge in [0.15, 0.2) is 0 Å². The zero-order chi connectivity index (χ0) is 15.9. The largest absolute Gasteiger partial charge is 0.330 e. The van der Waals surface area contributed by atoms with Gasteiger partial charge in [-0.25, -0.2) is 4.39 Å². The van der Waals surface area contributed by atoms with Gasteiger partial charge < -0.3 is 16.4 Å². The Morgan fingerprint density at radius 3 is 2.14 bits per heavy atom. The second-order valence-corrected chi connectivity index (χ2v) is 4.59. The number of anilines is 2. The monoisotopic (exact) mass is 301 g/mol. The summed E-state index contributed by atoms with van der Waals surface area (Å²) in [5.74, 6) is -1.03. The lowest BCUT2D eigenvalue weighted by Gasteiger charge is -2.12. The van der Waals surface area contributed by atoms with Gasteiger partial charge in [0, 0.05) is 18.5 Å². The molecule has 2 aromatic rings. The van der Waals surface area contributed by atoms with E-state index in [0.717, 1.165) is 0 Å². The van der Waals surface area contributed by atoms with Gasteiger partial charge in [0.1, 0.15) is 5.82 Å². The molecular weight excluding hydrogens is 285 g/mol. The average Bonchev–Trinajstić information content (AvgIpc) is 2.50. The number of hydrogen-bond donors (Lipinski definition) is 3. The quantitative estimate of drug-likeness (QED) is 0.792. The van der Waals surface area contributed by atoms with Crippen molar-refractivity contribution in [2.24, 2.45) is 5.73 Å². The molecule has 114 valence electrons. The molecule has 0 heterocycles. The number of carbonyl (C=O) groups is 2. The molecule has 0 bridgehead atoms. The Morgan fingerprint density at radius 2 is 1.55 bits per heavy atom. The molecule has 5 nitrogen and oxygen atoms in total. The third kappa shape index (κ3) is 4.13. The van der Waals surface area contributed by atoms with E-state index in [-0.39, 0.29) is 24.8 Å². The van der Waals surface area contributed by atoms with E-state index >= 15 is 0 Å². The molecule has 0 aromatic heterocycles. The van der Waals surface area contributed by atoms with Crippen LogP contribution in [0.25, 0.3) is 0 Å². The molecule has 2 aromatic carbocycles. The van der Waals surface area contributed by atoms with E-state index in [1.54, 1.807) is 24.3 Å².